The van der Waals surface area contributed by atoms with Crippen molar-refractivity contribution in [1.29, 1.82) is 0 Å². The number of rotatable bonds is 2. The second-order valence-electron chi connectivity index (χ2n) is 3.07. The number of hydrogen-bond acceptors (Lipinski definition) is 2. The molecule has 0 atom stereocenters. The van der Waals surface area contributed by atoms with E-state index in [0.29, 0.717) is 0 Å². The van der Waals surface area contributed by atoms with Gasteiger partial charge in [0.05, 0.1) is 19.9 Å². The lowest BCUT2D eigenvalue weighted by molar-refractivity contribution is 0.0235. The SMILES string of the molecule is c1ccn(CN2CCOCC2)c1. The fraction of sp³-hybridized carbons (Fsp3) is 0.556. The molecule has 0 unspecified atom stereocenters. The van der Waals surface area contributed by atoms with E-state index in [9.17, 15) is 0 Å². The lowest BCUT2D eigenvalue weighted by Crippen LogP contribution is -2.37. The first-order valence-electron chi connectivity index (χ1n) is 4.36. The van der Waals surface area contributed by atoms with Gasteiger partial charge in [-0.05, 0) is 12.1 Å². The van der Waals surface area contributed by atoms with E-state index in [1.165, 1.54) is 0 Å². The predicted molar refractivity (Wildman–Crippen MR) is 46.8 cm³/mol. The van der Waals surface area contributed by atoms with Crippen LogP contribution in [0, 0.1) is 0 Å². The highest BCUT2D eigenvalue weighted by Crippen LogP contribution is 1.99. The van der Waals surface area contributed by atoms with Gasteiger partial charge in [0.15, 0.2) is 0 Å². The molecule has 3 heteroatoms. The van der Waals surface area contributed by atoms with E-state index >= 15 is 0 Å². The maximum atomic E-state index is 5.27. The molecule has 12 heavy (non-hydrogen) atoms. The monoisotopic (exact) mass is 166 g/mol. The Morgan fingerprint density at radius 3 is 2.42 bits per heavy atom. The van der Waals surface area contributed by atoms with Gasteiger partial charge in [-0.25, -0.2) is 0 Å². The molecule has 1 saturated heterocycles. The molecule has 0 radical (unpaired) electrons. The van der Waals surface area contributed by atoms with Crippen molar-refractivity contribution < 1.29 is 4.74 Å². The normalized spacial score (nSPS) is 19.7. The Balaban J connectivity index is 1.86. The van der Waals surface area contributed by atoms with Crippen molar-refractivity contribution in [2.45, 2.75) is 6.67 Å². The second kappa shape index (κ2) is 3.74. The van der Waals surface area contributed by atoms with Gasteiger partial charge in [-0.15, -0.1) is 0 Å². The zero-order valence-corrected chi connectivity index (χ0v) is 7.15. The summed E-state index contributed by atoms with van der Waals surface area (Å²) in [6, 6.07) is 4.11. The highest BCUT2D eigenvalue weighted by molar-refractivity contribution is 4.90. The molecule has 3 nitrogen and oxygen atoms in total. The van der Waals surface area contributed by atoms with E-state index in [1.807, 2.05) is 0 Å². The van der Waals surface area contributed by atoms with E-state index in [2.05, 4.69) is 34.0 Å². The molecule has 0 saturated carbocycles. The van der Waals surface area contributed by atoms with Gasteiger partial charge >= 0.3 is 0 Å². The van der Waals surface area contributed by atoms with Crippen molar-refractivity contribution in [2.75, 3.05) is 26.3 Å². The molecular weight excluding hydrogens is 152 g/mol. The largest absolute Gasteiger partial charge is 0.379 e. The lowest BCUT2D eigenvalue weighted by atomic mass is 10.4. The van der Waals surface area contributed by atoms with Gasteiger partial charge in [0.2, 0.25) is 0 Å². The average Bonchev–Trinajstić information content (AvgIpc) is 2.59. The summed E-state index contributed by atoms with van der Waals surface area (Å²) in [5, 5.41) is 0. The molecule has 0 aliphatic carbocycles. The molecule has 1 aliphatic heterocycles. The molecule has 2 rings (SSSR count). The zero-order chi connectivity index (χ0) is 8.23. The van der Waals surface area contributed by atoms with Crippen LogP contribution in [0.3, 0.4) is 0 Å². The third kappa shape index (κ3) is 1.87. The summed E-state index contributed by atoms with van der Waals surface area (Å²) in [5.74, 6) is 0. The molecule has 0 aromatic carbocycles. The summed E-state index contributed by atoms with van der Waals surface area (Å²) >= 11 is 0. The lowest BCUT2D eigenvalue weighted by Gasteiger charge is -2.26. The van der Waals surface area contributed by atoms with Crippen LogP contribution in [0.5, 0.6) is 0 Å². The highest BCUT2D eigenvalue weighted by Gasteiger charge is 2.09. The number of nitrogens with zero attached hydrogens (tertiary/aromatic N) is 2. The summed E-state index contributed by atoms with van der Waals surface area (Å²) in [4.78, 5) is 2.39. The average molecular weight is 166 g/mol. The Bertz CT molecular complexity index is 214. The van der Waals surface area contributed by atoms with Crippen molar-refractivity contribution in [1.82, 2.24) is 9.47 Å². The van der Waals surface area contributed by atoms with Crippen molar-refractivity contribution in [3.63, 3.8) is 0 Å². The van der Waals surface area contributed by atoms with Gasteiger partial charge in [0.25, 0.3) is 0 Å². The summed E-state index contributed by atoms with van der Waals surface area (Å²) in [6.45, 7) is 4.86. The Hall–Kier alpha value is -0.800. The Morgan fingerprint density at radius 2 is 1.75 bits per heavy atom. The van der Waals surface area contributed by atoms with Gasteiger partial charge in [0, 0.05) is 25.5 Å². The van der Waals surface area contributed by atoms with Crippen LogP contribution in [0.25, 0.3) is 0 Å². The maximum absolute atomic E-state index is 5.27. The maximum Gasteiger partial charge on any atom is 0.0746 e. The molecule has 0 bridgehead atoms. The van der Waals surface area contributed by atoms with E-state index < -0.39 is 0 Å². The molecule has 1 aromatic rings. The number of aromatic nitrogens is 1. The minimum Gasteiger partial charge on any atom is -0.379 e. The quantitative estimate of drug-likeness (QED) is 0.646. The van der Waals surface area contributed by atoms with Crippen LogP contribution < -0.4 is 0 Å². The Kier molecular flexibility index (Phi) is 2.44. The molecule has 1 aliphatic rings. The zero-order valence-electron chi connectivity index (χ0n) is 7.15. The van der Waals surface area contributed by atoms with Gasteiger partial charge in [-0.1, -0.05) is 0 Å². The van der Waals surface area contributed by atoms with E-state index in [-0.39, 0.29) is 0 Å². The van der Waals surface area contributed by atoms with E-state index in [0.717, 1.165) is 33.0 Å². The van der Waals surface area contributed by atoms with Crippen LogP contribution in [-0.2, 0) is 11.4 Å². The summed E-state index contributed by atoms with van der Waals surface area (Å²) in [6.07, 6.45) is 4.19. The first-order chi connectivity index (χ1) is 5.95. The molecular formula is C9H14N2O. The van der Waals surface area contributed by atoms with E-state index in [1.54, 1.807) is 0 Å². The van der Waals surface area contributed by atoms with Gasteiger partial charge < -0.3 is 9.30 Å². The van der Waals surface area contributed by atoms with Crippen LogP contribution in [0.15, 0.2) is 24.5 Å². The third-order valence-corrected chi connectivity index (χ3v) is 2.13. The third-order valence-electron chi connectivity index (χ3n) is 2.13. The number of morpholine rings is 1. The van der Waals surface area contributed by atoms with Crippen molar-refractivity contribution >= 4 is 0 Å². The number of hydrogen-bond donors (Lipinski definition) is 0. The van der Waals surface area contributed by atoms with Crippen molar-refractivity contribution in [3.8, 4) is 0 Å². The standard InChI is InChI=1S/C9H14N2O/c1-2-4-10(3-1)9-11-5-7-12-8-6-11/h1-4H,5-9H2. The Morgan fingerprint density at radius 1 is 1.08 bits per heavy atom. The molecule has 1 aromatic heterocycles. The van der Waals surface area contributed by atoms with Crippen LogP contribution in [0.4, 0.5) is 0 Å². The minimum atomic E-state index is 0.876. The highest BCUT2D eigenvalue weighted by atomic mass is 16.5. The van der Waals surface area contributed by atoms with Gasteiger partial charge in [-0.3, -0.25) is 4.90 Å². The van der Waals surface area contributed by atoms with Crippen LogP contribution in [-0.4, -0.2) is 35.8 Å². The molecule has 1 fully saturated rings. The minimum absolute atomic E-state index is 0.876. The summed E-state index contributed by atoms with van der Waals surface area (Å²) in [7, 11) is 0. The molecule has 0 amide bonds. The molecule has 0 spiro atoms. The van der Waals surface area contributed by atoms with Gasteiger partial charge in [-0.2, -0.15) is 0 Å². The van der Waals surface area contributed by atoms with Crippen LogP contribution >= 0.6 is 0 Å². The van der Waals surface area contributed by atoms with Gasteiger partial charge in [0.1, 0.15) is 0 Å². The van der Waals surface area contributed by atoms with Crippen molar-refractivity contribution in [2.24, 2.45) is 0 Å². The summed E-state index contributed by atoms with van der Waals surface area (Å²) < 4.78 is 7.45. The topological polar surface area (TPSA) is 17.4 Å². The fourth-order valence-electron chi connectivity index (χ4n) is 1.44. The van der Waals surface area contributed by atoms with E-state index in [4.69, 9.17) is 4.74 Å². The smallest absolute Gasteiger partial charge is 0.0746 e. The second-order valence-corrected chi connectivity index (χ2v) is 3.07. The van der Waals surface area contributed by atoms with Crippen LogP contribution in [0.2, 0.25) is 0 Å². The number of ether oxygens (including phenoxy) is 1. The van der Waals surface area contributed by atoms with Crippen molar-refractivity contribution in [3.05, 3.63) is 24.5 Å². The molecule has 2 heterocycles. The van der Waals surface area contributed by atoms with Crippen LogP contribution in [0.1, 0.15) is 0 Å². The first-order valence-corrected chi connectivity index (χ1v) is 4.36. The first kappa shape index (κ1) is 7.83. The molecule has 66 valence electrons. The molecule has 0 N–H and O–H groups in total. The summed E-state index contributed by atoms with van der Waals surface area (Å²) in [5.41, 5.74) is 0. The Labute approximate surface area is 72.5 Å². The fourth-order valence-corrected chi connectivity index (χ4v) is 1.44. The predicted octanol–water partition coefficient (Wildman–Crippen LogP) is 0.778.